The van der Waals surface area contributed by atoms with Crippen LogP contribution in [-0.4, -0.2) is 32.2 Å². The molecule has 0 aliphatic carbocycles. The SMILES string of the molecule is COC(=O)c1c(C)ccc(N2C(=O)NCC3=C2NCC=C3)c1C. The molecule has 2 aliphatic heterocycles. The highest BCUT2D eigenvalue weighted by Gasteiger charge is 2.30. The third-order valence-electron chi connectivity index (χ3n) is 4.14. The molecule has 0 radical (unpaired) electrons. The van der Waals surface area contributed by atoms with E-state index >= 15 is 0 Å². The summed E-state index contributed by atoms with van der Waals surface area (Å²) in [6.07, 6.45) is 4.01. The fraction of sp³-hybridized carbons (Fsp3) is 0.294. The maximum Gasteiger partial charge on any atom is 0.338 e. The Labute approximate surface area is 134 Å². The molecule has 0 bridgehead atoms. The van der Waals surface area contributed by atoms with E-state index in [4.69, 9.17) is 4.74 Å². The van der Waals surface area contributed by atoms with Crippen LogP contribution >= 0.6 is 0 Å². The highest BCUT2D eigenvalue weighted by Crippen LogP contribution is 2.31. The molecule has 0 fully saturated rings. The van der Waals surface area contributed by atoms with E-state index in [-0.39, 0.29) is 6.03 Å². The lowest BCUT2D eigenvalue weighted by Gasteiger charge is -2.35. The lowest BCUT2D eigenvalue weighted by molar-refractivity contribution is 0.0599. The van der Waals surface area contributed by atoms with Gasteiger partial charge in [-0.25, -0.2) is 14.5 Å². The Bertz CT molecular complexity index is 750. The van der Waals surface area contributed by atoms with Crippen LogP contribution in [0.4, 0.5) is 10.5 Å². The number of carbonyl (C=O) groups excluding carboxylic acids is 2. The largest absolute Gasteiger partial charge is 0.465 e. The molecule has 2 heterocycles. The summed E-state index contributed by atoms with van der Waals surface area (Å²) in [5.74, 6) is 0.365. The molecule has 0 unspecified atom stereocenters. The summed E-state index contributed by atoms with van der Waals surface area (Å²) in [6.45, 7) is 4.83. The first-order chi connectivity index (χ1) is 11.0. The Balaban J connectivity index is 2.16. The quantitative estimate of drug-likeness (QED) is 0.819. The van der Waals surface area contributed by atoms with Crippen LogP contribution in [-0.2, 0) is 4.74 Å². The molecule has 1 aromatic rings. The standard InChI is InChI=1S/C17H19N3O3/c1-10-6-7-13(11(2)14(10)16(21)23-3)20-15-12(5-4-8-18-15)9-19-17(20)22/h4-7,18H,8-9H2,1-3H3,(H,19,22). The molecule has 23 heavy (non-hydrogen) atoms. The Morgan fingerprint density at radius 2 is 2.04 bits per heavy atom. The third-order valence-corrected chi connectivity index (χ3v) is 4.14. The molecule has 2 N–H and O–H groups in total. The monoisotopic (exact) mass is 313 g/mol. The lowest BCUT2D eigenvalue weighted by Crippen LogP contribution is -2.50. The molecule has 0 aromatic heterocycles. The van der Waals surface area contributed by atoms with Crippen molar-refractivity contribution in [3.05, 3.63) is 52.4 Å². The van der Waals surface area contributed by atoms with E-state index in [1.54, 1.807) is 4.90 Å². The summed E-state index contributed by atoms with van der Waals surface area (Å²) in [4.78, 5) is 26.1. The second-order valence-corrected chi connectivity index (χ2v) is 5.54. The van der Waals surface area contributed by atoms with Crippen molar-refractivity contribution in [2.24, 2.45) is 0 Å². The lowest BCUT2D eigenvalue weighted by atomic mass is 9.99. The van der Waals surface area contributed by atoms with Gasteiger partial charge in [0.1, 0.15) is 5.82 Å². The van der Waals surface area contributed by atoms with Crippen LogP contribution in [0.25, 0.3) is 0 Å². The molecule has 0 spiro atoms. The highest BCUT2D eigenvalue weighted by molar-refractivity contribution is 6.01. The van der Waals surface area contributed by atoms with Crippen molar-refractivity contribution in [3.8, 4) is 0 Å². The molecular weight excluding hydrogens is 294 g/mol. The molecule has 0 atom stereocenters. The smallest absolute Gasteiger partial charge is 0.338 e. The summed E-state index contributed by atoms with van der Waals surface area (Å²) in [5, 5.41) is 6.10. The number of ether oxygens (including phenoxy) is 1. The number of urea groups is 1. The summed E-state index contributed by atoms with van der Waals surface area (Å²) < 4.78 is 4.88. The van der Waals surface area contributed by atoms with E-state index in [0.717, 1.165) is 22.5 Å². The number of benzene rings is 1. The van der Waals surface area contributed by atoms with Gasteiger partial charge in [0.2, 0.25) is 0 Å². The number of aryl methyl sites for hydroxylation is 1. The van der Waals surface area contributed by atoms with Crippen LogP contribution in [0.5, 0.6) is 0 Å². The fourth-order valence-corrected chi connectivity index (χ4v) is 2.99. The van der Waals surface area contributed by atoms with E-state index in [9.17, 15) is 9.59 Å². The Kier molecular flexibility index (Phi) is 3.82. The zero-order valence-corrected chi connectivity index (χ0v) is 13.4. The van der Waals surface area contributed by atoms with Gasteiger partial charge in [-0.1, -0.05) is 18.2 Å². The van der Waals surface area contributed by atoms with Crippen molar-refractivity contribution >= 4 is 17.7 Å². The van der Waals surface area contributed by atoms with Crippen molar-refractivity contribution in [1.29, 1.82) is 0 Å². The molecular formula is C17H19N3O3. The number of rotatable bonds is 2. The van der Waals surface area contributed by atoms with Gasteiger partial charge in [-0.05, 0) is 31.0 Å². The minimum atomic E-state index is -0.398. The van der Waals surface area contributed by atoms with E-state index in [0.29, 0.717) is 24.3 Å². The number of nitrogens with one attached hydrogen (secondary N) is 2. The van der Waals surface area contributed by atoms with Crippen LogP contribution in [0.15, 0.2) is 35.7 Å². The average Bonchev–Trinajstić information content (AvgIpc) is 2.56. The molecule has 2 aliphatic rings. The van der Waals surface area contributed by atoms with Crippen LogP contribution < -0.4 is 15.5 Å². The number of hydrogen-bond acceptors (Lipinski definition) is 4. The van der Waals surface area contributed by atoms with Crippen LogP contribution in [0.3, 0.4) is 0 Å². The van der Waals surface area contributed by atoms with Gasteiger partial charge in [0, 0.05) is 18.7 Å². The topological polar surface area (TPSA) is 70.7 Å². The number of methoxy groups -OCH3 is 1. The number of carbonyl (C=O) groups is 2. The summed E-state index contributed by atoms with van der Waals surface area (Å²) >= 11 is 0. The number of dihydropyridines is 1. The van der Waals surface area contributed by atoms with Gasteiger partial charge in [-0.2, -0.15) is 0 Å². The van der Waals surface area contributed by atoms with Crippen molar-refractivity contribution in [2.75, 3.05) is 25.1 Å². The summed E-state index contributed by atoms with van der Waals surface area (Å²) in [6, 6.07) is 3.47. The van der Waals surface area contributed by atoms with E-state index in [1.165, 1.54) is 7.11 Å². The van der Waals surface area contributed by atoms with Gasteiger partial charge in [-0.3, -0.25) is 0 Å². The average molecular weight is 313 g/mol. The van der Waals surface area contributed by atoms with Gasteiger partial charge in [-0.15, -0.1) is 0 Å². The van der Waals surface area contributed by atoms with Gasteiger partial charge in [0.25, 0.3) is 0 Å². The molecule has 6 nitrogen and oxygen atoms in total. The predicted octanol–water partition coefficient (Wildman–Crippen LogP) is 1.99. The number of amides is 2. The van der Waals surface area contributed by atoms with Crippen LogP contribution in [0, 0.1) is 13.8 Å². The number of hydrogen-bond donors (Lipinski definition) is 2. The molecule has 3 rings (SSSR count). The number of anilines is 1. The highest BCUT2D eigenvalue weighted by atomic mass is 16.5. The first-order valence-electron chi connectivity index (χ1n) is 7.44. The predicted molar refractivity (Wildman–Crippen MR) is 87.3 cm³/mol. The number of nitrogens with zero attached hydrogens (tertiary/aromatic N) is 1. The Hall–Kier alpha value is -2.76. The van der Waals surface area contributed by atoms with E-state index in [2.05, 4.69) is 10.6 Å². The maximum atomic E-state index is 12.4. The molecule has 1 aromatic carbocycles. The molecule has 0 saturated carbocycles. The first-order valence-corrected chi connectivity index (χ1v) is 7.44. The van der Waals surface area contributed by atoms with Crippen molar-refractivity contribution in [2.45, 2.75) is 13.8 Å². The molecule has 6 heteroatoms. The first kappa shape index (κ1) is 15.1. The molecule has 0 saturated heterocycles. The fourth-order valence-electron chi connectivity index (χ4n) is 2.99. The van der Waals surface area contributed by atoms with Gasteiger partial charge in [0.15, 0.2) is 0 Å². The minimum Gasteiger partial charge on any atom is -0.465 e. The van der Waals surface area contributed by atoms with E-state index < -0.39 is 5.97 Å². The molecule has 2 amide bonds. The minimum absolute atomic E-state index is 0.214. The maximum absolute atomic E-state index is 12.4. The Morgan fingerprint density at radius 3 is 2.78 bits per heavy atom. The number of esters is 1. The van der Waals surface area contributed by atoms with Crippen LogP contribution in [0.1, 0.15) is 21.5 Å². The van der Waals surface area contributed by atoms with Crippen molar-refractivity contribution < 1.29 is 14.3 Å². The van der Waals surface area contributed by atoms with Crippen molar-refractivity contribution in [1.82, 2.24) is 10.6 Å². The Morgan fingerprint density at radius 1 is 1.26 bits per heavy atom. The third kappa shape index (κ3) is 2.46. The molecule has 120 valence electrons. The van der Waals surface area contributed by atoms with E-state index in [1.807, 2.05) is 38.1 Å². The zero-order valence-electron chi connectivity index (χ0n) is 13.4. The zero-order chi connectivity index (χ0) is 16.6. The second kappa shape index (κ2) is 5.79. The summed E-state index contributed by atoms with van der Waals surface area (Å²) in [5.41, 5.74) is 3.72. The summed E-state index contributed by atoms with van der Waals surface area (Å²) in [7, 11) is 1.36. The van der Waals surface area contributed by atoms with Crippen molar-refractivity contribution in [3.63, 3.8) is 0 Å². The normalized spacial score (nSPS) is 16.7. The van der Waals surface area contributed by atoms with Gasteiger partial charge >= 0.3 is 12.0 Å². The van der Waals surface area contributed by atoms with Gasteiger partial charge in [0.05, 0.1) is 18.4 Å². The van der Waals surface area contributed by atoms with Gasteiger partial charge < -0.3 is 15.4 Å². The van der Waals surface area contributed by atoms with Crippen LogP contribution in [0.2, 0.25) is 0 Å². The second-order valence-electron chi connectivity index (χ2n) is 5.54.